The van der Waals surface area contributed by atoms with Crippen molar-refractivity contribution in [3.05, 3.63) is 39.4 Å². The first-order chi connectivity index (χ1) is 7.47. The first-order valence-electron chi connectivity index (χ1n) is 4.48. The minimum atomic E-state index is -0.586. The van der Waals surface area contributed by atoms with Crippen molar-refractivity contribution in [2.45, 2.75) is 11.8 Å². The molecule has 86 valence electrons. The molecule has 0 aliphatic carbocycles. The van der Waals surface area contributed by atoms with Crippen LogP contribution >= 0.6 is 15.9 Å². The van der Waals surface area contributed by atoms with Gasteiger partial charge in [-0.15, -0.1) is 0 Å². The Morgan fingerprint density at radius 2 is 2.19 bits per heavy atom. The van der Waals surface area contributed by atoms with Crippen LogP contribution in [0, 0.1) is 10.1 Å². The van der Waals surface area contributed by atoms with E-state index in [9.17, 15) is 14.9 Å². The minimum absolute atomic E-state index is 0.0905. The number of nitro benzene ring substituents is 1. The second kappa shape index (κ2) is 5.07. The van der Waals surface area contributed by atoms with Crippen molar-refractivity contribution in [1.82, 2.24) is 0 Å². The second-order valence-corrected chi connectivity index (χ2v) is 4.51. The fourth-order valence-electron chi connectivity index (χ4n) is 1.28. The maximum atomic E-state index is 11.2. The number of esters is 1. The fourth-order valence-corrected chi connectivity index (χ4v) is 1.67. The number of nitro groups is 1. The molecular formula is C10H10BrNO4. The number of rotatable bonds is 3. The maximum Gasteiger partial charge on any atom is 0.338 e. The number of hydrogen-bond donors (Lipinski definition) is 0. The van der Waals surface area contributed by atoms with Gasteiger partial charge in [-0.25, -0.2) is 4.79 Å². The predicted molar refractivity (Wildman–Crippen MR) is 61.8 cm³/mol. The van der Waals surface area contributed by atoms with Gasteiger partial charge in [0.05, 0.1) is 17.6 Å². The predicted octanol–water partition coefficient (Wildman–Crippen LogP) is 2.84. The van der Waals surface area contributed by atoms with Crippen LogP contribution in [0.15, 0.2) is 18.2 Å². The molecular weight excluding hydrogens is 278 g/mol. The van der Waals surface area contributed by atoms with Crippen molar-refractivity contribution >= 4 is 27.6 Å². The van der Waals surface area contributed by atoms with Crippen LogP contribution in [-0.2, 0) is 4.74 Å². The Balaban J connectivity index is 3.28. The molecule has 0 heterocycles. The average Bonchev–Trinajstić information content (AvgIpc) is 2.26. The third-order valence-corrected chi connectivity index (χ3v) is 2.57. The van der Waals surface area contributed by atoms with Crippen molar-refractivity contribution < 1.29 is 14.5 Å². The van der Waals surface area contributed by atoms with E-state index in [1.165, 1.54) is 19.2 Å². The maximum absolute atomic E-state index is 11.2. The normalized spacial score (nSPS) is 11.9. The van der Waals surface area contributed by atoms with Crippen molar-refractivity contribution in [1.29, 1.82) is 0 Å². The number of methoxy groups -OCH3 is 1. The lowest BCUT2D eigenvalue weighted by molar-refractivity contribution is -0.385. The number of carbonyl (C=O) groups excluding carboxylic acids is 1. The molecule has 0 aliphatic rings. The fraction of sp³-hybridized carbons (Fsp3) is 0.300. The molecule has 16 heavy (non-hydrogen) atoms. The smallest absolute Gasteiger partial charge is 0.338 e. The van der Waals surface area contributed by atoms with Gasteiger partial charge in [0.25, 0.3) is 5.69 Å². The third-order valence-electron chi connectivity index (χ3n) is 2.08. The molecule has 0 fully saturated rings. The third kappa shape index (κ3) is 2.57. The summed E-state index contributed by atoms with van der Waals surface area (Å²) in [4.78, 5) is 21.4. The first kappa shape index (κ1) is 12.6. The standard InChI is InChI=1S/C10H10BrNO4/c1-6(11)8-4-3-7(10(13)16-2)5-9(8)12(14)15/h3-6H,1-2H3. The molecule has 1 aromatic rings. The van der Waals surface area contributed by atoms with Crippen LogP contribution in [0.5, 0.6) is 0 Å². The number of hydrogen-bond acceptors (Lipinski definition) is 4. The van der Waals surface area contributed by atoms with Crippen LogP contribution in [-0.4, -0.2) is 18.0 Å². The van der Waals surface area contributed by atoms with Gasteiger partial charge in [0.1, 0.15) is 0 Å². The monoisotopic (exact) mass is 287 g/mol. The lowest BCUT2D eigenvalue weighted by Gasteiger charge is -2.06. The van der Waals surface area contributed by atoms with Gasteiger partial charge in [-0.1, -0.05) is 22.0 Å². The highest BCUT2D eigenvalue weighted by molar-refractivity contribution is 9.09. The molecule has 0 saturated heterocycles. The van der Waals surface area contributed by atoms with Crippen LogP contribution < -0.4 is 0 Å². The largest absolute Gasteiger partial charge is 0.465 e. The van der Waals surface area contributed by atoms with Crippen LogP contribution in [0.3, 0.4) is 0 Å². The van der Waals surface area contributed by atoms with E-state index in [-0.39, 0.29) is 16.1 Å². The molecule has 0 bridgehead atoms. The topological polar surface area (TPSA) is 69.4 Å². The summed E-state index contributed by atoms with van der Waals surface area (Å²) >= 11 is 3.26. The highest BCUT2D eigenvalue weighted by Gasteiger charge is 2.20. The minimum Gasteiger partial charge on any atom is -0.465 e. The molecule has 1 rings (SSSR count). The summed E-state index contributed by atoms with van der Waals surface area (Å²) in [6.07, 6.45) is 0. The molecule has 0 spiro atoms. The van der Waals surface area contributed by atoms with E-state index in [2.05, 4.69) is 20.7 Å². The van der Waals surface area contributed by atoms with Gasteiger partial charge in [0.2, 0.25) is 0 Å². The zero-order chi connectivity index (χ0) is 12.3. The molecule has 1 aromatic carbocycles. The van der Waals surface area contributed by atoms with Gasteiger partial charge in [-0.3, -0.25) is 10.1 Å². The van der Waals surface area contributed by atoms with Gasteiger partial charge in [-0.05, 0) is 13.0 Å². The van der Waals surface area contributed by atoms with Crippen molar-refractivity contribution in [2.75, 3.05) is 7.11 Å². The van der Waals surface area contributed by atoms with Crippen molar-refractivity contribution in [3.63, 3.8) is 0 Å². The molecule has 0 N–H and O–H groups in total. The zero-order valence-electron chi connectivity index (χ0n) is 8.77. The van der Waals surface area contributed by atoms with E-state index in [0.717, 1.165) is 0 Å². The van der Waals surface area contributed by atoms with Gasteiger partial charge in [0.15, 0.2) is 0 Å². The second-order valence-electron chi connectivity index (χ2n) is 3.14. The van der Waals surface area contributed by atoms with Crippen LogP contribution in [0.25, 0.3) is 0 Å². The van der Waals surface area contributed by atoms with E-state index in [4.69, 9.17) is 0 Å². The van der Waals surface area contributed by atoms with E-state index in [1.807, 2.05) is 0 Å². The van der Waals surface area contributed by atoms with E-state index in [0.29, 0.717) is 5.56 Å². The highest BCUT2D eigenvalue weighted by Crippen LogP contribution is 2.31. The van der Waals surface area contributed by atoms with E-state index < -0.39 is 10.9 Å². The summed E-state index contributed by atoms with van der Waals surface area (Å²) in [5.74, 6) is -0.586. The van der Waals surface area contributed by atoms with Crippen LogP contribution in [0.1, 0.15) is 27.7 Å². The Hall–Kier alpha value is -1.43. The summed E-state index contributed by atoms with van der Waals surface area (Å²) in [6, 6.07) is 4.27. The first-order valence-corrected chi connectivity index (χ1v) is 5.39. The number of ether oxygens (including phenoxy) is 1. The number of nitrogens with zero attached hydrogens (tertiary/aromatic N) is 1. The number of carbonyl (C=O) groups is 1. The van der Waals surface area contributed by atoms with E-state index >= 15 is 0 Å². The molecule has 1 unspecified atom stereocenters. The highest BCUT2D eigenvalue weighted by atomic mass is 79.9. The number of halogens is 1. The van der Waals surface area contributed by atoms with E-state index in [1.54, 1.807) is 13.0 Å². The average molecular weight is 288 g/mol. The Morgan fingerprint density at radius 3 is 2.62 bits per heavy atom. The zero-order valence-corrected chi connectivity index (χ0v) is 10.4. The SMILES string of the molecule is COC(=O)c1ccc(C(C)Br)c([N+](=O)[O-])c1. The summed E-state index contributed by atoms with van der Waals surface area (Å²) in [6.45, 7) is 1.78. The number of benzene rings is 1. The van der Waals surface area contributed by atoms with Crippen LogP contribution in [0.2, 0.25) is 0 Å². The Labute approximate surface area is 101 Å². The molecule has 0 amide bonds. The lowest BCUT2D eigenvalue weighted by atomic mass is 10.1. The summed E-state index contributed by atoms with van der Waals surface area (Å²) in [5, 5.41) is 10.8. The Morgan fingerprint density at radius 1 is 1.56 bits per heavy atom. The summed E-state index contributed by atoms with van der Waals surface area (Å²) in [5.41, 5.74) is 0.607. The van der Waals surface area contributed by atoms with Gasteiger partial charge < -0.3 is 4.74 Å². The quantitative estimate of drug-likeness (QED) is 0.371. The Bertz CT molecular complexity index is 431. The molecule has 0 aromatic heterocycles. The molecule has 6 heteroatoms. The van der Waals surface area contributed by atoms with Crippen molar-refractivity contribution in [3.8, 4) is 0 Å². The number of alkyl halides is 1. The molecule has 0 radical (unpaired) electrons. The summed E-state index contributed by atoms with van der Waals surface area (Å²) in [7, 11) is 1.23. The van der Waals surface area contributed by atoms with Crippen molar-refractivity contribution in [2.24, 2.45) is 0 Å². The molecule has 1 atom stereocenters. The van der Waals surface area contributed by atoms with Crippen LogP contribution in [0.4, 0.5) is 5.69 Å². The molecule has 0 aliphatic heterocycles. The van der Waals surface area contributed by atoms with Gasteiger partial charge >= 0.3 is 5.97 Å². The van der Waals surface area contributed by atoms with Gasteiger partial charge in [-0.2, -0.15) is 0 Å². The molecule has 0 saturated carbocycles. The molecule has 5 nitrogen and oxygen atoms in total. The summed E-state index contributed by atoms with van der Waals surface area (Å²) < 4.78 is 4.50. The lowest BCUT2D eigenvalue weighted by Crippen LogP contribution is -2.04. The Kier molecular flexibility index (Phi) is 4.00. The van der Waals surface area contributed by atoms with Gasteiger partial charge in [0, 0.05) is 16.5 Å².